The second-order valence-electron chi connectivity index (χ2n) is 5.46. The normalized spacial score (nSPS) is 36.5. The molecule has 0 spiro atoms. The standard InChI is InChI=1S/C12H23NO2/c1-9-4-10(2)6-12(5-9,8-13-3)7-11(14)15/h9-10,13H,4-8H2,1-3H3,(H,14,15)/t9-,10+,12?. The van der Waals surface area contributed by atoms with Crippen molar-refractivity contribution in [2.75, 3.05) is 13.6 Å². The molecule has 0 aliphatic heterocycles. The predicted molar refractivity (Wildman–Crippen MR) is 60.8 cm³/mol. The first-order valence-electron chi connectivity index (χ1n) is 5.84. The molecule has 0 aromatic heterocycles. The van der Waals surface area contributed by atoms with Gasteiger partial charge in [0.05, 0.1) is 6.42 Å². The van der Waals surface area contributed by atoms with Crippen LogP contribution in [0.25, 0.3) is 0 Å². The fraction of sp³-hybridized carbons (Fsp3) is 0.917. The van der Waals surface area contributed by atoms with Crippen molar-refractivity contribution in [3.8, 4) is 0 Å². The van der Waals surface area contributed by atoms with Crippen molar-refractivity contribution in [1.82, 2.24) is 5.32 Å². The van der Waals surface area contributed by atoms with Crippen LogP contribution in [0.2, 0.25) is 0 Å². The first kappa shape index (κ1) is 12.5. The molecule has 0 aromatic carbocycles. The summed E-state index contributed by atoms with van der Waals surface area (Å²) >= 11 is 0. The Balaban J connectivity index is 2.73. The summed E-state index contributed by atoms with van der Waals surface area (Å²) in [5, 5.41) is 12.2. The fourth-order valence-corrected chi connectivity index (χ4v) is 3.46. The Hall–Kier alpha value is -0.570. The van der Waals surface area contributed by atoms with Gasteiger partial charge in [-0.2, -0.15) is 0 Å². The van der Waals surface area contributed by atoms with Crippen LogP contribution in [0.15, 0.2) is 0 Å². The highest BCUT2D eigenvalue weighted by Crippen LogP contribution is 2.44. The molecule has 0 heterocycles. The van der Waals surface area contributed by atoms with E-state index < -0.39 is 5.97 Å². The zero-order valence-electron chi connectivity index (χ0n) is 10.0. The SMILES string of the molecule is CNCC1(CC(=O)O)C[C@H](C)C[C@H](C)C1. The molecule has 0 amide bonds. The summed E-state index contributed by atoms with van der Waals surface area (Å²) in [4.78, 5) is 10.9. The van der Waals surface area contributed by atoms with E-state index in [9.17, 15) is 4.79 Å². The summed E-state index contributed by atoms with van der Waals surface area (Å²) in [6.45, 7) is 5.30. The average Bonchev–Trinajstić information content (AvgIpc) is 1.99. The van der Waals surface area contributed by atoms with Gasteiger partial charge in [0.25, 0.3) is 0 Å². The minimum Gasteiger partial charge on any atom is -0.481 e. The number of carboxylic acids is 1. The molecule has 1 aliphatic carbocycles. The Labute approximate surface area is 92.3 Å². The number of aliphatic carboxylic acids is 1. The Morgan fingerprint density at radius 3 is 2.33 bits per heavy atom. The van der Waals surface area contributed by atoms with E-state index in [1.807, 2.05) is 7.05 Å². The first-order valence-corrected chi connectivity index (χ1v) is 5.84. The molecule has 15 heavy (non-hydrogen) atoms. The zero-order valence-corrected chi connectivity index (χ0v) is 10.0. The maximum atomic E-state index is 10.9. The van der Waals surface area contributed by atoms with Gasteiger partial charge >= 0.3 is 5.97 Å². The van der Waals surface area contributed by atoms with Crippen LogP contribution in [-0.4, -0.2) is 24.7 Å². The van der Waals surface area contributed by atoms with E-state index in [4.69, 9.17) is 5.11 Å². The highest BCUT2D eigenvalue weighted by molar-refractivity contribution is 5.67. The molecule has 88 valence electrons. The third-order valence-electron chi connectivity index (χ3n) is 3.45. The molecular formula is C12H23NO2. The Bertz CT molecular complexity index is 218. The number of nitrogens with one attached hydrogen (secondary N) is 1. The van der Waals surface area contributed by atoms with Gasteiger partial charge in [-0.3, -0.25) is 4.79 Å². The second-order valence-corrected chi connectivity index (χ2v) is 5.46. The Morgan fingerprint density at radius 1 is 1.40 bits per heavy atom. The number of carboxylic acid groups (broad SMARTS) is 1. The molecule has 1 aliphatic rings. The van der Waals surface area contributed by atoms with Gasteiger partial charge in [0, 0.05) is 6.54 Å². The van der Waals surface area contributed by atoms with Crippen molar-refractivity contribution >= 4 is 5.97 Å². The van der Waals surface area contributed by atoms with Crippen LogP contribution >= 0.6 is 0 Å². The van der Waals surface area contributed by atoms with Crippen molar-refractivity contribution < 1.29 is 9.90 Å². The molecule has 1 saturated carbocycles. The summed E-state index contributed by atoms with van der Waals surface area (Å²) < 4.78 is 0. The number of carbonyl (C=O) groups is 1. The lowest BCUT2D eigenvalue weighted by Crippen LogP contribution is -2.40. The maximum absolute atomic E-state index is 10.9. The van der Waals surface area contributed by atoms with Gasteiger partial charge in [0.15, 0.2) is 0 Å². The number of hydrogen-bond acceptors (Lipinski definition) is 2. The largest absolute Gasteiger partial charge is 0.481 e. The van der Waals surface area contributed by atoms with E-state index in [2.05, 4.69) is 19.2 Å². The molecule has 1 rings (SSSR count). The fourth-order valence-electron chi connectivity index (χ4n) is 3.46. The molecule has 0 aromatic rings. The van der Waals surface area contributed by atoms with E-state index in [0.29, 0.717) is 18.3 Å². The quantitative estimate of drug-likeness (QED) is 0.752. The molecule has 0 radical (unpaired) electrons. The summed E-state index contributed by atoms with van der Waals surface area (Å²) in [5.41, 5.74) is -0.0162. The van der Waals surface area contributed by atoms with Crippen LogP contribution < -0.4 is 5.32 Å². The van der Waals surface area contributed by atoms with E-state index in [0.717, 1.165) is 19.4 Å². The maximum Gasteiger partial charge on any atom is 0.303 e. The second kappa shape index (κ2) is 4.97. The van der Waals surface area contributed by atoms with Crippen LogP contribution in [0.1, 0.15) is 39.5 Å². The molecule has 3 nitrogen and oxygen atoms in total. The van der Waals surface area contributed by atoms with Gasteiger partial charge in [0.2, 0.25) is 0 Å². The van der Waals surface area contributed by atoms with Crippen LogP contribution in [-0.2, 0) is 4.79 Å². The van der Waals surface area contributed by atoms with E-state index >= 15 is 0 Å². The Morgan fingerprint density at radius 2 is 1.93 bits per heavy atom. The van der Waals surface area contributed by atoms with Crippen molar-refractivity contribution in [3.05, 3.63) is 0 Å². The van der Waals surface area contributed by atoms with Gasteiger partial charge in [0.1, 0.15) is 0 Å². The van der Waals surface area contributed by atoms with E-state index in [-0.39, 0.29) is 5.41 Å². The summed E-state index contributed by atoms with van der Waals surface area (Å²) in [6.07, 6.45) is 3.64. The molecule has 1 unspecified atom stereocenters. The molecule has 0 bridgehead atoms. The first-order chi connectivity index (χ1) is 6.97. The van der Waals surface area contributed by atoms with Gasteiger partial charge < -0.3 is 10.4 Å². The third kappa shape index (κ3) is 3.49. The molecule has 1 fully saturated rings. The lowest BCUT2D eigenvalue weighted by atomic mass is 9.64. The zero-order chi connectivity index (χ0) is 11.5. The van der Waals surface area contributed by atoms with Crippen molar-refractivity contribution in [2.24, 2.45) is 17.3 Å². The monoisotopic (exact) mass is 213 g/mol. The lowest BCUT2D eigenvalue weighted by Gasteiger charge is -2.42. The van der Waals surface area contributed by atoms with Gasteiger partial charge in [-0.15, -0.1) is 0 Å². The van der Waals surface area contributed by atoms with E-state index in [1.54, 1.807) is 0 Å². The number of hydrogen-bond donors (Lipinski definition) is 2. The van der Waals surface area contributed by atoms with Crippen LogP contribution in [0.4, 0.5) is 0 Å². The van der Waals surface area contributed by atoms with E-state index in [1.165, 1.54) is 6.42 Å². The van der Waals surface area contributed by atoms with Crippen molar-refractivity contribution in [1.29, 1.82) is 0 Å². The lowest BCUT2D eigenvalue weighted by molar-refractivity contribution is -0.140. The van der Waals surface area contributed by atoms with Gasteiger partial charge in [-0.25, -0.2) is 0 Å². The summed E-state index contributed by atoms with van der Waals surface area (Å²) in [5.74, 6) is 0.648. The summed E-state index contributed by atoms with van der Waals surface area (Å²) in [7, 11) is 1.91. The van der Waals surface area contributed by atoms with Crippen LogP contribution in [0.3, 0.4) is 0 Å². The third-order valence-corrected chi connectivity index (χ3v) is 3.45. The molecule has 3 heteroatoms. The van der Waals surface area contributed by atoms with Crippen LogP contribution in [0.5, 0.6) is 0 Å². The van der Waals surface area contributed by atoms with Gasteiger partial charge in [-0.1, -0.05) is 13.8 Å². The van der Waals surface area contributed by atoms with Crippen molar-refractivity contribution in [3.63, 3.8) is 0 Å². The topological polar surface area (TPSA) is 49.3 Å². The average molecular weight is 213 g/mol. The molecular weight excluding hydrogens is 190 g/mol. The van der Waals surface area contributed by atoms with Crippen LogP contribution in [0, 0.1) is 17.3 Å². The minimum absolute atomic E-state index is 0.0162. The smallest absolute Gasteiger partial charge is 0.303 e. The van der Waals surface area contributed by atoms with Crippen molar-refractivity contribution in [2.45, 2.75) is 39.5 Å². The molecule has 2 N–H and O–H groups in total. The molecule has 0 saturated heterocycles. The minimum atomic E-state index is -0.661. The highest BCUT2D eigenvalue weighted by atomic mass is 16.4. The summed E-state index contributed by atoms with van der Waals surface area (Å²) in [6, 6.07) is 0. The number of rotatable bonds is 4. The molecule has 3 atom stereocenters. The highest BCUT2D eigenvalue weighted by Gasteiger charge is 2.38. The van der Waals surface area contributed by atoms with Gasteiger partial charge in [-0.05, 0) is 43.6 Å². The Kier molecular flexibility index (Phi) is 4.14. The predicted octanol–water partition coefficient (Wildman–Crippen LogP) is 2.12.